The fourth-order valence-electron chi connectivity index (χ4n) is 6.97. The van der Waals surface area contributed by atoms with Gasteiger partial charge in [-0.15, -0.1) is 0 Å². The molecule has 1 spiro atoms. The Kier molecular flexibility index (Phi) is 8.57. The molecule has 1 aromatic carbocycles. The molecule has 6 rings (SSSR count). The number of benzene rings is 1. The van der Waals surface area contributed by atoms with Gasteiger partial charge in [-0.3, -0.25) is 19.9 Å². The zero-order chi connectivity index (χ0) is 31.9. The molecule has 3 saturated heterocycles. The zero-order valence-electron chi connectivity index (χ0n) is 26.4. The van der Waals surface area contributed by atoms with Crippen molar-refractivity contribution < 1.29 is 23.1 Å². The number of carbonyl (C=O) groups excluding carboxylic acids is 2. The Labute approximate surface area is 262 Å². The average molecular weight is 628 g/mol. The quantitative estimate of drug-likeness (QED) is 0.423. The van der Waals surface area contributed by atoms with Crippen LogP contribution in [0.1, 0.15) is 49.9 Å². The summed E-state index contributed by atoms with van der Waals surface area (Å²) in [5.74, 6) is -4.36. The molecule has 0 radical (unpaired) electrons. The van der Waals surface area contributed by atoms with E-state index in [1.807, 2.05) is 5.01 Å². The number of nitrogens with zero attached hydrogens (tertiary/aromatic N) is 6. The van der Waals surface area contributed by atoms with Gasteiger partial charge in [0.05, 0.1) is 25.5 Å². The molecule has 0 bridgehead atoms. The molecule has 0 atom stereocenters. The molecule has 0 unspecified atom stereocenters. The van der Waals surface area contributed by atoms with E-state index in [9.17, 15) is 18.4 Å². The SMILES string of the molecule is COc1cc(C(=O)NN2CCC(N3CC4(CCNCC4)C3)CC2)ccc1Nc1ncc2c(n1)N(C(C)C)CC(F)(F)C(=O)N2C. The molecular weight excluding hydrogens is 584 g/mol. The lowest BCUT2D eigenvalue weighted by Gasteiger charge is -2.56. The Morgan fingerprint density at radius 3 is 2.51 bits per heavy atom. The average Bonchev–Trinajstić information content (AvgIpc) is 3.09. The molecule has 12 nitrogen and oxygen atoms in total. The molecule has 1 aromatic heterocycles. The second-order valence-electron chi connectivity index (χ2n) is 13.0. The standard InChI is InChI=1S/C31H43F2N9O3/c1-20(2)42-19-31(32,33)28(44)39(3)24-16-35-29(37-26(24)42)36-23-6-5-21(15-25(23)45-4)27(43)38-41-13-7-22(8-14-41)40-17-30(18-40)9-11-34-12-10-30/h5-6,15-16,20,22,34H,7-14,17-19H2,1-4H3,(H,38,43)(H,35,36,37). The third-order valence-corrected chi connectivity index (χ3v) is 9.69. The first kappa shape index (κ1) is 31.4. The van der Waals surface area contributed by atoms with Crippen LogP contribution in [-0.4, -0.2) is 110 Å². The number of carbonyl (C=O) groups is 2. The highest BCUT2D eigenvalue weighted by atomic mass is 19.3. The van der Waals surface area contributed by atoms with E-state index in [4.69, 9.17) is 4.74 Å². The van der Waals surface area contributed by atoms with E-state index in [1.165, 1.54) is 51.2 Å². The Balaban J connectivity index is 1.09. The fraction of sp³-hybridized carbons (Fsp3) is 0.613. The molecule has 2 aromatic rings. The van der Waals surface area contributed by atoms with Crippen LogP contribution in [0, 0.1) is 5.41 Å². The Hall–Kier alpha value is -3.62. The predicted octanol–water partition coefficient (Wildman–Crippen LogP) is 2.85. The first-order chi connectivity index (χ1) is 21.5. The maximum Gasteiger partial charge on any atom is 0.342 e. The van der Waals surface area contributed by atoms with Crippen LogP contribution in [0.15, 0.2) is 24.4 Å². The molecule has 0 saturated carbocycles. The van der Waals surface area contributed by atoms with Gasteiger partial charge in [-0.25, -0.2) is 9.99 Å². The van der Waals surface area contributed by atoms with E-state index in [2.05, 4.69) is 30.9 Å². The highest BCUT2D eigenvalue weighted by Crippen LogP contribution is 2.41. The van der Waals surface area contributed by atoms with E-state index in [0.29, 0.717) is 28.5 Å². The van der Waals surface area contributed by atoms with Crippen molar-refractivity contribution in [3.63, 3.8) is 0 Å². The third-order valence-electron chi connectivity index (χ3n) is 9.69. The number of fused-ring (bicyclic) bond motifs is 1. The summed E-state index contributed by atoms with van der Waals surface area (Å²) < 4.78 is 34.9. The maximum atomic E-state index is 14.7. The maximum absolute atomic E-state index is 14.7. The zero-order valence-corrected chi connectivity index (χ0v) is 26.4. The van der Waals surface area contributed by atoms with Crippen molar-refractivity contribution >= 4 is 35.0 Å². The molecule has 5 heterocycles. The first-order valence-electron chi connectivity index (χ1n) is 15.7. The highest BCUT2D eigenvalue weighted by molar-refractivity contribution is 6.02. The normalized spacial score (nSPS) is 22.2. The van der Waals surface area contributed by atoms with Crippen LogP contribution in [0.5, 0.6) is 5.75 Å². The number of piperidine rings is 2. The number of amides is 2. The van der Waals surface area contributed by atoms with Gasteiger partial charge >= 0.3 is 5.92 Å². The topological polar surface area (TPSA) is 118 Å². The number of anilines is 4. The molecule has 3 N–H and O–H groups in total. The molecule has 45 heavy (non-hydrogen) atoms. The van der Waals surface area contributed by atoms with Crippen LogP contribution in [0.4, 0.5) is 31.9 Å². The number of methoxy groups -OCH3 is 1. The van der Waals surface area contributed by atoms with Crippen LogP contribution in [0.25, 0.3) is 0 Å². The second kappa shape index (κ2) is 12.3. The number of hydrogen-bond donors (Lipinski definition) is 3. The number of rotatable bonds is 7. The van der Waals surface area contributed by atoms with Crippen molar-refractivity contribution in [2.75, 3.05) is 75.1 Å². The number of aromatic nitrogens is 2. The van der Waals surface area contributed by atoms with Crippen LogP contribution in [0.3, 0.4) is 0 Å². The van der Waals surface area contributed by atoms with Crippen molar-refractivity contribution in [3.05, 3.63) is 30.0 Å². The van der Waals surface area contributed by atoms with Crippen LogP contribution in [0.2, 0.25) is 0 Å². The minimum Gasteiger partial charge on any atom is -0.495 e. The number of likely N-dealkylation sites (tertiary alicyclic amines) is 1. The number of nitrogens with one attached hydrogen (secondary N) is 3. The van der Waals surface area contributed by atoms with E-state index < -0.39 is 18.4 Å². The van der Waals surface area contributed by atoms with Crippen LogP contribution in [-0.2, 0) is 4.79 Å². The van der Waals surface area contributed by atoms with Crippen molar-refractivity contribution in [2.45, 2.75) is 57.5 Å². The lowest BCUT2D eigenvalue weighted by molar-refractivity contribution is -0.140. The van der Waals surface area contributed by atoms with E-state index in [-0.39, 0.29) is 29.4 Å². The minimum atomic E-state index is -3.58. The van der Waals surface area contributed by atoms with Gasteiger partial charge in [0.15, 0.2) is 5.82 Å². The summed E-state index contributed by atoms with van der Waals surface area (Å²) in [6, 6.07) is 5.24. The van der Waals surface area contributed by atoms with Gasteiger partial charge in [-0.05, 0) is 76.2 Å². The molecule has 14 heteroatoms. The van der Waals surface area contributed by atoms with Gasteiger partial charge in [0, 0.05) is 50.9 Å². The summed E-state index contributed by atoms with van der Waals surface area (Å²) in [5, 5.41) is 8.54. The number of hydrogen-bond acceptors (Lipinski definition) is 10. The van der Waals surface area contributed by atoms with Crippen LogP contribution >= 0.6 is 0 Å². The Bertz CT molecular complexity index is 1420. The van der Waals surface area contributed by atoms with Crippen molar-refractivity contribution in [3.8, 4) is 5.75 Å². The van der Waals surface area contributed by atoms with Gasteiger partial charge in [0.25, 0.3) is 11.8 Å². The van der Waals surface area contributed by atoms with E-state index >= 15 is 0 Å². The van der Waals surface area contributed by atoms with Gasteiger partial charge in [-0.2, -0.15) is 13.8 Å². The number of halogens is 2. The lowest BCUT2D eigenvalue weighted by Crippen LogP contribution is -2.64. The monoisotopic (exact) mass is 627 g/mol. The van der Waals surface area contributed by atoms with Crippen LogP contribution < -0.4 is 30.6 Å². The summed E-state index contributed by atoms with van der Waals surface area (Å²) in [5.41, 5.74) is 4.69. The largest absolute Gasteiger partial charge is 0.495 e. The number of ether oxygens (including phenoxy) is 1. The van der Waals surface area contributed by atoms with Crippen molar-refractivity contribution in [1.82, 2.24) is 30.6 Å². The van der Waals surface area contributed by atoms with Crippen molar-refractivity contribution in [2.24, 2.45) is 5.41 Å². The number of hydrazine groups is 1. The van der Waals surface area contributed by atoms with E-state index in [0.717, 1.165) is 43.9 Å². The summed E-state index contributed by atoms with van der Waals surface area (Å²) >= 11 is 0. The minimum absolute atomic E-state index is 0.136. The summed E-state index contributed by atoms with van der Waals surface area (Å²) in [6.07, 6.45) is 5.95. The predicted molar refractivity (Wildman–Crippen MR) is 167 cm³/mol. The molecule has 4 aliphatic heterocycles. The molecule has 0 aliphatic carbocycles. The summed E-state index contributed by atoms with van der Waals surface area (Å²) in [4.78, 5) is 39.3. The fourth-order valence-corrected chi connectivity index (χ4v) is 6.97. The smallest absolute Gasteiger partial charge is 0.342 e. The molecular formula is C31H43F2N9O3. The molecule has 244 valence electrons. The van der Waals surface area contributed by atoms with Crippen molar-refractivity contribution in [1.29, 1.82) is 0 Å². The van der Waals surface area contributed by atoms with Gasteiger partial charge in [0.1, 0.15) is 11.4 Å². The third kappa shape index (κ3) is 6.27. The van der Waals surface area contributed by atoms with Gasteiger partial charge in [0.2, 0.25) is 5.95 Å². The van der Waals surface area contributed by atoms with Gasteiger partial charge < -0.3 is 25.2 Å². The summed E-state index contributed by atoms with van der Waals surface area (Å²) in [7, 11) is 2.79. The lowest BCUT2D eigenvalue weighted by atomic mass is 9.71. The van der Waals surface area contributed by atoms with Gasteiger partial charge in [-0.1, -0.05) is 0 Å². The highest BCUT2D eigenvalue weighted by Gasteiger charge is 2.48. The van der Waals surface area contributed by atoms with E-state index in [1.54, 1.807) is 32.0 Å². The summed E-state index contributed by atoms with van der Waals surface area (Å²) in [6.45, 7) is 8.98. The second-order valence-corrected chi connectivity index (χ2v) is 13.0. The first-order valence-corrected chi connectivity index (χ1v) is 15.7. The Morgan fingerprint density at radius 1 is 1.13 bits per heavy atom. The molecule has 3 fully saturated rings. The number of alkyl halides is 2. The molecule has 4 aliphatic rings. The molecule has 2 amide bonds. The Morgan fingerprint density at radius 2 is 1.84 bits per heavy atom.